The fraction of sp³-hybridized carbons (Fsp3) is 0.250. The van der Waals surface area contributed by atoms with Gasteiger partial charge >= 0.3 is 0 Å². The summed E-state index contributed by atoms with van der Waals surface area (Å²) in [5, 5.41) is 0. The van der Waals surface area contributed by atoms with Gasteiger partial charge in [-0.3, -0.25) is 4.90 Å². The Kier molecular flexibility index (Phi) is 3.07. The van der Waals surface area contributed by atoms with E-state index in [2.05, 4.69) is 17.0 Å². The van der Waals surface area contributed by atoms with Crippen molar-refractivity contribution in [3.05, 3.63) is 70.8 Å². The first-order valence-electron chi connectivity index (χ1n) is 6.40. The van der Waals surface area contributed by atoms with Crippen LogP contribution >= 0.6 is 0 Å². The van der Waals surface area contributed by atoms with E-state index in [1.165, 1.54) is 23.3 Å². The van der Waals surface area contributed by atoms with Gasteiger partial charge in [-0.15, -0.1) is 0 Å². The average molecular weight is 259 g/mol. The molecule has 2 aromatic rings. The number of hydrogen-bond donors (Lipinski definition) is 0. The second-order valence-corrected chi connectivity index (χ2v) is 5.01. The molecular formula is C16H15F2N. The molecule has 0 saturated carbocycles. The number of fused-ring (bicyclic) bond motifs is 1. The Hall–Kier alpha value is -1.74. The lowest BCUT2D eigenvalue weighted by Crippen LogP contribution is -2.32. The van der Waals surface area contributed by atoms with Crippen molar-refractivity contribution in [1.29, 1.82) is 0 Å². The molecule has 0 N–H and O–H groups in total. The predicted octanol–water partition coefficient (Wildman–Crippen LogP) is 3.54. The maximum Gasteiger partial charge on any atom is 0.159 e. The fourth-order valence-electron chi connectivity index (χ4n) is 2.81. The third-order valence-electron chi connectivity index (χ3n) is 3.78. The summed E-state index contributed by atoms with van der Waals surface area (Å²) in [7, 11) is 2.02. The van der Waals surface area contributed by atoms with Crippen LogP contribution in [-0.4, -0.2) is 18.5 Å². The second kappa shape index (κ2) is 4.74. The van der Waals surface area contributed by atoms with Gasteiger partial charge in [-0.05, 0) is 42.3 Å². The summed E-state index contributed by atoms with van der Waals surface area (Å²) >= 11 is 0. The zero-order valence-electron chi connectivity index (χ0n) is 10.7. The lowest BCUT2D eigenvalue weighted by atomic mass is 9.88. The largest absolute Gasteiger partial charge is 0.295 e. The van der Waals surface area contributed by atoms with Gasteiger partial charge < -0.3 is 0 Å². The van der Waals surface area contributed by atoms with Crippen LogP contribution in [-0.2, 0) is 6.42 Å². The normalized spacial score (nSPS) is 19.2. The van der Waals surface area contributed by atoms with Gasteiger partial charge in [-0.1, -0.05) is 30.3 Å². The van der Waals surface area contributed by atoms with Crippen LogP contribution in [0.1, 0.15) is 22.7 Å². The Morgan fingerprint density at radius 3 is 2.63 bits per heavy atom. The first-order chi connectivity index (χ1) is 9.16. The smallest absolute Gasteiger partial charge is 0.159 e. The minimum atomic E-state index is -0.796. The first-order valence-corrected chi connectivity index (χ1v) is 6.40. The molecule has 1 atom stereocenters. The van der Waals surface area contributed by atoms with E-state index in [9.17, 15) is 8.78 Å². The van der Waals surface area contributed by atoms with Crippen molar-refractivity contribution in [2.75, 3.05) is 13.6 Å². The van der Waals surface area contributed by atoms with Gasteiger partial charge in [0, 0.05) is 6.54 Å². The van der Waals surface area contributed by atoms with Gasteiger partial charge in [0.2, 0.25) is 0 Å². The van der Waals surface area contributed by atoms with E-state index in [4.69, 9.17) is 0 Å². The summed E-state index contributed by atoms with van der Waals surface area (Å²) in [5.74, 6) is -1.58. The molecule has 0 amide bonds. The van der Waals surface area contributed by atoms with Crippen LogP contribution in [0.4, 0.5) is 8.78 Å². The Morgan fingerprint density at radius 1 is 1.05 bits per heavy atom. The molecule has 0 saturated heterocycles. The van der Waals surface area contributed by atoms with Crippen molar-refractivity contribution in [1.82, 2.24) is 4.90 Å². The van der Waals surface area contributed by atoms with E-state index >= 15 is 0 Å². The van der Waals surface area contributed by atoms with Crippen LogP contribution in [0.25, 0.3) is 0 Å². The second-order valence-electron chi connectivity index (χ2n) is 5.01. The SMILES string of the molecule is CN1CCc2ccccc2C1c1ccc(F)c(F)c1. The van der Waals surface area contributed by atoms with E-state index in [1.807, 2.05) is 19.2 Å². The molecule has 0 aliphatic carbocycles. The zero-order valence-corrected chi connectivity index (χ0v) is 10.7. The van der Waals surface area contributed by atoms with Crippen molar-refractivity contribution < 1.29 is 8.78 Å². The molecule has 3 rings (SSSR count). The molecule has 2 aromatic carbocycles. The minimum Gasteiger partial charge on any atom is -0.295 e. The van der Waals surface area contributed by atoms with Crippen molar-refractivity contribution in [2.45, 2.75) is 12.5 Å². The van der Waals surface area contributed by atoms with Crippen LogP contribution in [0.3, 0.4) is 0 Å². The van der Waals surface area contributed by atoms with E-state index in [-0.39, 0.29) is 6.04 Å². The summed E-state index contributed by atoms with van der Waals surface area (Å²) in [6, 6.07) is 12.4. The quantitative estimate of drug-likeness (QED) is 0.757. The van der Waals surface area contributed by atoms with Gasteiger partial charge in [0.15, 0.2) is 11.6 Å². The maximum absolute atomic E-state index is 13.4. The van der Waals surface area contributed by atoms with Crippen LogP contribution in [0, 0.1) is 11.6 Å². The molecule has 98 valence electrons. The highest BCUT2D eigenvalue weighted by atomic mass is 19.2. The first kappa shape index (κ1) is 12.3. The van der Waals surface area contributed by atoms with E-state index in [0.717, 1.165) is 18.5 Å². The summed E-state index contributed by atoms with van der Waals surface area (Å²) in [6.07, 6.45) is 0.993. The monoisotopic (exact) mass is 259 g/mol. The Morgan fingerprint density at radius 2 is 1.84 bits per heavy atom. The molecule has 0 bridgehead atoms. The lowest BCUT2D eigenvalue weighted by Gasteiger charge is -2.35. The van der Waals surface area contributed by atoms with E-state index < -0.39 is 11.6 Å². The number of hydrogen-bond acceptors (Lipinski definition) is 1. The number of nitrogens with zero attached hydrogens (tertiary/aromatic N) is 1. The number of rotatable bonds is 1. The van der Waals surface area contributed by atoms with Gasteiger partial charge in [0.25, 0.3) is 0 Å². The molecule has 1 aliphatic heterocycles. The van der Waals surface area contributed by atoms with Crippen molar-refractivity contribution >= 4 is 0 Å². The van der Waals surface area contributed by atoms with Gasteiger partial charge in [0.05, 0.1) is 6.04 Å². The fourth-order valence-corrected chi connectivity index (χ4v) is 2.81. The lowest BCUT2D eigenvalue weighted by molar-refractivity contribution is 0.264. The Bertz CT molecular complexity index is 609. The minimum absolute atomic E-state index is 0.0000463. The Balaban J connectivity index is 2.10. The molecule has 1 aliphatic rings. The molecular weight excluding hydrogens is 244 g/mol. The highest BCUT2D eigenvalue weighted by Gasteiger charge is 2.26. The molecule has 1 nitrogen and oxygen atoms in total. The van der Waals surface area contributed by atoms with Gasteiger partial charge in [0.1, 0.15) is 0 Å². The van der Waals surface area contributed by atoms with E-state index in [1.54, 1.807) is 6.07 Å². The number of likely N-dealkylation sites (N-methyl/N-ethyl adjacent to an activating group) is 1. The van der Waals surface area contributed by atoms with Crippen LogP contribution in [0.5, 0.6) is 0 Å². The topological polar surface area (TPSA) is 3.24 Å². The third kappa shape index (κ3) is 2.15. The van der Waals surface area contributed by atoms with Crippen LogP contribution < -0.4 is 0 Å². The van der Waals surface area contributed by atoms with Crippen molar-refractivity contribution in [2.24, 2.45) is 0 Å². The zero-order chi connectivity index (χ0) is 13.4. The van der Waals surface area contributed by atoms with Crippen LogP contribution in [0.2, 0.25) is 0 Å². The molecule has 0 radical (unpaired) electrons. The molecule has 1 unspecified atom stereocenters. The van der Waals surface area contributed by atoms with Gasteiger partial charge in [-0.25, -0.2) is 8.78 Å². The van der Waals surface area contributed by atoms with Crippen molar-refractivity contribution in [3.63, 3.8) is 0 Å². The standard InChI is InChI=1S/C16H15F2N/c1-19-9-8-11-4-2-3-5-13(11)16(19)12-6-7-14(17)15(18)10-12/h2-7,10,16H,8-9H2,1H3. The Labute approximate surface area is 111 Å². The summed E-state index contributed by atoms with van der Waals surface area (Å²) in [4.78, 5) is 2.18. The van der Waals surface area contributed by atoms with E-state index in [0.29, 0.717) is 0 Å². The highest BCUT2D eigenvalue weighted by molar-refractivity contribution is 5.39. The molecule has 0 aromatic heterocycles. The molecule has 1 heterocycles. The van der Waals surface area contributed by atoms with Gasteiger partial charge in [-0.2, -0.15) is 0 Å². The summed E-state index contributed by atoms with van der Waals surface area (Å²) < 4.78 is 26.5. The molecule has 19 heavy (non-hydrogen) atoms. The average Bonchev–Trinajstić information content (AvgIpc) is 2.42. The highest BCUT2D eigenvalue weighted by Crippen LogP contribution is 2.34. The van der Waals surface area contributed by atoms with Crippen molar-refractivity contribution in [3.8, 4) is 0 Å². The third-order valence-corrected chi connectivity index (χ3v) is 3.78. The number of halogens is 2. The predicted molar refractivity (Wildman–Crippen MR) is 71.0 cm³/mol. The summed E-state index contributed by atoms with van der Waals surface area (Å²) in [6.45, 7) is 0.917. The maximum atomic E-state index is 13.4. The molecule has 0 fully saturated rings. The summed E-state index contributed by atoms with van der Waals surface area (Å²) in [5.41, 5.74) is 3.27. The van der Waals surface area contributed by atoms with Crippen LogP contribution in [0.15, 0.2) is 42.5 Å². The molecule has 3 heteroatoms. The number of benzene rings is 2. The molecule has 0 spiro atoms.